The monoisotopic (exact) mass is 151 g/mol. The number of aryl methyl sites for hydroxylation is 2. The lowest BCUT2D eigenvalue weighted by atomic mass is 10.2. The Morgan fingerprint density at radius 2 is 2.18 bits per heavy atom. The molecule has 0 saturated heterocycles. The second-order valence-corrected chi connectivity index (χ2v) is 2.55. The number of aldehydes is 1. The van der Waals surface area contributed by atoms with E-state index in [0.717, 1.165) is 36.1 Å². The van der Waals surface area contributed by atoms with Gasteiger partial charge in [-0.05, 0) is 18.9 Å². The molecule has 0 spiro atoms. The SMILES string of the molecule is CCc1cc(C=O)c(CC)[nH]1. The molecule has 0 atom stereocenters. The zero-order valence-corrected chi connectivity index (χ0v) is 6.98. The molecular weight excluding hydrogens is 138 g/mol. The lowest BCUT2D eigenvalue weighted by Gasteiger charge is -1.90. The first kappa shape index (κ1) is 8.05. The summed E-state index contributed by atoms with van der Waals surface area (Å²) in [5.41, 5.74) is 3.00. The molecule has 0 aromatic carbocycles. The summed E-state index contributed by atoms with van der Waals surface area (Å²) in [6.07, 6.45) is 2.77. The van der Waals surface area contributed by atoms with Gasteiger partial charge in [0.15, 0.2) is 6.29 Å². The summed E-state index contributed by atoms with van der Waals surface area (Å²) < 4.78 is 0. The van der Waals surface area contributed by atoms with E-state index in [-0.39, 0.29) is 0 Å². The minimum atomic E-state index is 0.810. The number of carbonyl (C=O) groups excluding carboxylic acids is 1. The third-order valence-electron chi connectivity index (χ3n) is 1.85. The molecular formula is C9H13NO. The zero-order chi connectivity index (χ0) is 8.27. The van der Waals surface area contributed by atoms with Crippen LogP contribution in [0.15, 0.2) is 6.07 Å². The summed E-state index contributed by atoms with van der Waals surface area (Å²) in [5.74, 6) is 0. The van der Waals surface area contributed by atoms with Crippen LogP contribution in [0.2, 0.25) is 0 Å². The van der Waals surface area contributed by atoms with Gasteiger partial charge in [0.05, 0.1) is 0 Å². The molecule has 1 N–H and O–H groups in total. The third kappa shape index (κ3) is 1.50. The Bertz CT molecular complexity index is 250. The van der Waals surface area contributed by atoms with Gasteiger partial charge in [-0.15, -0.1) is 0 Å². The Labute approximate surface area is 66.6 Å². The number of rotatable bonds is 3. The second-order valence-electron chi connectivity index (χ2n) is 2.55. The van der Waals surface area contributed by atoms with Crippen LogP contribution in [0.1, 0.15) is 35.6 Å². The summed E-state index contributed by atoms with van der Waals surface area (Å²) in [6.45, 7) is 4.11. The van der Waals surface area contributed by atoms with Crippen LogP contribution in [0.5, 0.6) is 0 Å². The number of aromatic amines is 1. The first-order valence-electron chi connectivity index (χ1n) is 3.97. The molecule has 0 aliphatic rings. The molecule has 1 heterocycles. The van der Waals surface area contributed by atoms with Crippen LogP contribution in [-0.2, 0) is 12.8 Å². The molecule has 0 radical (unpaired) electrons. The molecule has 2 heteroatoms. The minimum absolute atomic E-state index is 0.810. The molecule has 1 aromatic heterocycles. The largest absolute Gasteiger partial charge is 0.362 e. The highest BCUT2D eigenvalue weighted by molar-refractivity contribution is 5.77. The Morgan fingerprint density at radius 1 is 1.45 bits per heavy atom. The highest BCUT2D eigenvalue weighted by atomic mass is 16.1. The Kier molecular flexibility index (Phi) is 2.47. The van der Waals surface area contributed by atoms with E-state index >= 15 is 0 Å². The van der Waals surface area contributed by atoms with Crippen LogP contribution >= 0.6 is 0 Å². The van der Waals surface area contributed by atoms with Gasteiger partial charge in [0, 0.05) is 17.0 Å². The van der Waals surface area contributed by atoms with Crippen LogP contribution in [0.3, 0.4) is 0 Å². The molecule has 0 aliphatic heterocycles. The number of nitrogens with one attached hydrogen (secondary N) is 1. The highest BCUT2D eigenvalue weighted by Crippen LogP contribution is 2.09. The average Bonchev–Trinajstić information content (AvgIpc) is 2.46. The summed E-state index contributed by atoms with van der Waals surface area (Å²) >= 11 is 0. The van der Waals surface area contributed by atoms with Crippen LogP contribution < -0.4 is 0 Å². The molecule has 1 rings (SSSR count). The standard InChI is InChI=1S/C9H13NO/c1-3-8-5-7(6-11)9(4-2)10-8/h5-6,10H,3-4H2,1-2H3. The van der Waals surface area contributed by atoms with Crippen LogP contribution in [-0.4, -0.2) is 11.3 Å². The summed E-state index contributed by atoms with van der Waals surface area (Å²) in [5, 5.41) is 0. The van der Waals surface area contributed by atoms with Gasteiger partial charge >= 0.3 is 0 Å². The van der Waals surface area contributed by atoms with Crippen molar-refractivity contribution in [3.05, 3.63) is 23.0 Å². The quantitative estimate of drug-likeness (QED) is 0.658. The van der Waals surface area contributed by atoms with Gasteiger partial charge in [-0.1, -0.05) is 13.8 Å². The molecule has 0 unspecified atom stereocenters. The molecule has 60 valence electrons. The van der Waals surface area contributed by atoms with Gasteiger partial charge in [-0.25, -0.2) is 0 Å². The van der Waals surface area contributed by atoms with Crippen molar-refractivity contribution < 1.29 is 4.79 Å². The van der Waals surface area contributed by atoms with Gasteiger partial charge in [0.2, 0.25) is 0 Å². The van der Waals surface area contributed by atoms with Crippen molar-refractivity contribution in [1.82, 2.24) is 4.98 Å². The Hall–Kier alpha value is -1.05. The minimum Gasteiger partial charge on any atom is -0.362 e. The second kappa shape index (κ2) is 3.37. The maximum atomic E-state index is 10.5. The first-order chi connectivity index (χ1) is 5.31. The third-order valence-corrected chi connectivity index (χ3v) is 1.85. The maximum absolute atomic E-state index is 10.5. The van der Waals surface area contributed by atoms with E-state index < -0.39 is 0 Å². The van der Waals surface area contributed by atoms with E-state index in [1.54, 1.807) is 0 Å². The van der Waals surface area contributed by atoms with Crippen molar-refractivity contribution in [1.29, 1.82) is 0 Å². The van der Waals surface area contributed by atoms with Crippen LogP contribution in [0.25, 0.3) is 0 Å². The molecule has 0 bridgehead atoms. The van der Waals surface area contributed by atoms with Gasteiger partial charge < -0.3 is 4.98 Å². The van der Waals surface area contributed by atoms with Crippen molar-refractivity contribution in [2.24, 2.45) is 0 Å². The normalized spacial score (nSPS) is 10.0. The van der Waals surface area contributed by atoms with E-state index in [0.29, 0.717) is 0 Å². The van der Waals surface area contributed by atoms with E-state index in [1.165, 1.54) is 0 Å². The van der Waals surface area contributed by atoms with Crippen LogP contribution in [0.4, 0.5) is 0 Å². The zero-order valence-electron chi connectivity index (χ0n) is 6.98. The maximum Gasteiger partial charge on any atom is 0.151 e. The molecule has 2 nitrogen and oxygen atoms in total. The molecule has 0 amide bonds. The number of hydrogen-bond donors (Lipinski definition) is 1. The molecule has 11 heavy (non-hydrogen) atoms. The van der Waals surface area contributed by atoms with Crippen molar-refractivity contribution in [3.8, 4) is 0 Å². The Morgan fingerprint density at radius 3 is 2.55 bits per heavy atom. The number of hydrogen-bond acceptors (Lipinski definition) is 1. The average molecular weight is 151 g/mol. The number of aromatic nitrogens is 1. The Balaban J connectivity index is 3.01. The first-order valence-corrected chi connectivity index (χ1v) is 3.97. The molecule has 0 fully saturated rings. The van der Waals surface area contributed by atoms with Gasteiger partial charge in [0.25, 0.3) is 0 Å². The van der Waals surface area contributed by atoms with E-state index in [1.807, 2.05) is 13.0 Å². The number of carbonyl (C=O) groups is 1. The van der Waals surface area contributed by atoms with Crippen molar-refractivity contribution >= 4 is 6.29 Å². The predicted molar refractivity (Wildman–Crippen MR) is 44.9 cm³/mol. The smallest absolute Gasteiger partial charge is 0.151 e. The fourth-order valence-electron chi connectivity index (χ4n) is 1.16. The summed E-state index contributed by atoms with van der Waals surface area (Å²) in [6, 6.07) is 1.92. The van der Waals surface area contributed by atoms with E-state index in [4.69, 9.17) is 0 Å². The van der Waals surface area contributed by atoms with Crippen LogP contribution in [0, 0.1) is 0 Å². The van der Waals surface area contributed by atoms with Gasteiger partial charge in [-0.2, -0.15) is 0 Å². The van der Waals surface area contributed by atoms with Gasteiger partial charge in [0.1, 0.15) is 0 Å². The molecule has 0 saturated carbocycles. The van der Waals surface area contributed by atoms with E-state index in [2.05, 4.69) is 11.9 Å². The predicted octanol–water partition coefficient (Wildman–Crippen LogP) is 1.95. The van der Waals surface area contributed by atoms with Crippen molar-refractivity contribution in [3.63, 3.8) is 0 Å². The summed E-state index contributed by atoms with van der Waals surface area (Å²) in [7, 11) is 0. The lowest BCUT2D eigenvalue weighted by Crippen LogP contribution is -1.86. The topological polar surface area (TPSA) is 32.9 Å². The molecule has 0 aliphatic carbocycles. The summed E-state index contributed by atoms with van der Waals surface area (Å²) in [4.78, 5) is 13.7. The fraction of sp³-hybridized carbons (Fsp3) is 0.444. The molecule has 1 aromatic rings. The number of H-pyrrole nitrogens is 1. The highest BCUT2D eigenvalue weighted by Gasteiger charge is 2.02. The van der Waals surface area contributed by atoms with Crippen molar-refractivity contribution in [2.75, 3.05) is 0 Å². The van der Waals surface area contributed by atoms with Gasteiger partial charge in [-0.3, -0.25) is 4.79 Å². The van der Waals surface area contributed by atoms with E-state index in [9.17, 15) is 4.79 Å². The lowest BCUT2D eigenvalue weighted by molar-refractivity contribution is 0.112. The van der Waals surface area contributed by atoms with Crippen molar-refractivity contribution in [2.45, 2.75) is 26.7 Å². The fourth-order valence-corrected chi connectivity index (χ4v) is 1.16.